The molecule has 0 spiro atoms. The van der Waals surface area contributed by atoms with Gasteiger partial charge in [-0.25, -0.2) is 4.68 Å². The van der Waals surface area contributed by atoms with Crippen molar-refractivity contribution in [3.63, 3.8) is 0 Å². The number of methoxy groups -OCH3 is 1. The van der Waals surface area contributed by atoms with E-state index >= 15 is 0 Å². The van der Waals surface area contributed by atoms with Crippen molar-refractivity contribution in [1.29, 1.82) is 0 Å². The molecule has 0 saturated carbocycles. The number of fused-ring (bicyclic) bond motifs is 1. The number of rotatable bonds is 6. The van der Waals surface area contributed by atoms with Gasteiger partial charge in [-0.2, -0.15) is 5.10 Å². The molecule has 1 fully saturated rings. The third-order valence-electron chi connectivity index (χ3n) is 7.46. The number of anilines is 1. The second kappa shape index (κ2) is 11.8. The van der Waals surface area contributed by atoms with Gasteiger partial charge in [0.15, 0.2) is 0 Å². The van der Waals surface area contributed by atoms with Crippen molar-refractivity contribution in [3.05, 3.63) is 95.6 Å². The summed E-state index contributed by atoms with van der Waals surface area (Å²) in [6.45, 7) is 4.03. The summed E-state index contributed by atoms with van der Waals surface area (Å²) in [6.07, 6.45) is 0. The molecular weight excluding hydrogens is 536 g/mol. The molecule has 8 nitrogen and oxygen atoms in total. The van der Waals surface area contributed by atoms with Crippen molar-refractivity contribution in [2.75, 3.05) is 50.6 Å². The zero-order valence-corrected chi connectivity index (χ0v) is 24.0. The van der Waals surface area contributed by atoms with Crippen LogP contribution in [0.2, 0.25) is 0 Å². The molecule has 1 atom stereocenters. The van der Waals surface area contributed by atoms with Crippen molar-refractivity contribution in [2.24, 2.45) is 0 Å². The number of nitrogens with zero attached hydrogens (tertiary/aromatic N) is 4. The topological polar surface area (TPSA) is 76.9 Å². The van der Waals surface area contributed by atoms with E-state index in [1.165, 1.54) is 0 Å². The smallest absolute Gasteiger partial charge is 0.242 e. The van der Waals surface area contributed by atoms with Crippen LogP contribution in [0.25, 0.3) is 16.9 Å². The summed E-state index contributed by atoms with van der Waals surface area (Å²) < 4.78 is 12.7. The number of hydrogen-bond donors (Lipinski definition) is 0. The zero-order chi connectivity index (χ0) is 28.3. The summed E-state index contributed by atoms with van der Waals surface area (Å²) >= 11 is 1.58. The Bertz CT molecular complexity index is 1550. The molecule has 1 aromatic heterocycles. The lowest BCUT2D eigenvalue weighted by atomic mass is 9.98. The van der Waals surface area contributed by atoms with Gasteiger partial charge in [0.25, 0.3) is 0 Å². The van der Waals surface area contributed by atoms with Gasteiger partial charge in [0.05, 0.1) is 42.7 Å². The first-order chi connectivity index (χ1) is 20.0. The van der Waals surface area contributed by atoms with E-state index < -0.39 is 0 Å². The first kappa shape index (κ1) is 27.1. The van der Waals surface area contributed by atoms with Crippen LogP contribution in [0.5, 0.6) is 5.75 Å². The predicted octanol–water partition coefficient (Wildman–Crippen LogP) is 4.88. The number of amides is 2. The maximum atomic E-state index is 13.9. The van der Waals surface area contributed by atoms with Gasteiger partial charge >= 0.3 is 0 Å². The third-order valence-corrected chi connectivity index (χ3v) is 8.71. The summed E-state index contributed by atoms with van der Waals surface area (Å²) in [5.41, 5.74) is 5.66. The highest BCUT2D eigenvalue weighted by molar-refractivity contribution is 8.00. The number of ether oxygens (including phenoxy) is 2. The summed E-state index contributed by atoms with van der Waals surface area (Å²) in [5, 5.41) is 4.99. The van der Waals surface area contributed by atoms with Crippen LogP contribution in [0.15, 0.2) is 78.9 Å². The van der Waals surface area contributed by atoms with Gasteiger partial charge in [-0.05, 0) is 36.8 Å². The Hall–Kier alpha value is -4.08. The second-order valence-corrected chi connectivity index (χ2v) is 11.2. The molecule has 1 saturated heterocycles. The average Bonchev–Trinajstić information content (AvgIpc) is 3.34. The molecule has 0 radical (unpaired) electrons. The van der Waals surface area contributed by atoms with Crippen LogP contribution in [0.1, 0.15) is 21.9 Å². The SMILES string of the molecule is COc1ccc(-n2nc(-c3ccccc3)c3c2N(CC(=O)N2CCOCC2)C(=O)CS[C@H]3c2cccc(C)c2)cc1. The van der Waals surface area contributed by atoms with E-state index in [0.717, 1.165) is 39.4 Å². The van der Waals surface area contributed by atoms with Crippen LogP contribution in [0, 0.1) is 6.92 Å². The molecule has 210 valence electrons. The number of carbonyl (C=O) groups excluding carboxylic acids is 2. The van der Waals surface area contributed by atoms with Crippen molar-refractivity contribution in [1.82, 2.24) is 14.7 Å². The van der Waals surface area contributed by atoms with Gasteiger partial charge in [-0.1, -0.05) is 60.2 Å². The summed E-state index contributed by atoms with van der Waals surface area (Å²) in [7, 11) is 1.63. The van der Waals surface area contributed by atoms with Crippen LogP contribution in [0.3, 0.4) is 0 Å². The second-order valence-electron chi connectivity index (χ2n) is 10.1. The number of hydrogen-bond acceptors (Lipinski definition) is 6. The number of aromatic nitrogens is 2. The fraction of sp³-hybridized carbons (Fsp3) is 0.281. The van der Waals surface area contributed by atoms with Crippen LogP contribution < -0.4 is 9.64 Å². The zero-order valence-electron chi connectivity index (χ0n) is 23.2. The highest BCUT2D eigenvalue weighted by atomic mass is 32.2. The molecule has 0 aliphatic carbocycles. The van der Waals surface area contributed by atoms with E-state index in [9.17, 15) is 9.59 Å². The van der Waals surface area contributed by atoms with E-state index in [-0.39, 0.29) is 29.4 Å². The fourth-order valence-corrected chi connectivity index (χ4v) is 6.56. The molecule has 3 heterocycles. The van der Waals surface area contributed by atoms with Gasteiger partial charge in [-0.3, -0.25) is 14.5 Å². The van der Waals surface area contributed by atoms with Crippen molar-refractivity contribution in [3.8, 4) is 22.7 Å². The lowest BCUT2D eigenvalue weighted by Gasteiger charge is -2.30. The Morgan fingerprint density at radius 1 is 1.02 bits per heavy atom. The maximum Gasteiger partial charge on any atom is 0.242 e. The minimum absolute atomic E-state index is 0.0665. The van der Waals surface area contributed by atoms with E-state index in [1.54, 1.807) is 28.7 Å². The van der Waals surface area contributed by atoms with E-state index in [2.05, 4.69) is 25.1 Å². The van der Waals surface area contributed by atoms with E-state index in [0.29, 0.717) is 32.1 Å². The molecule has 3 aromatic carbocycles. The van der Waals surface area contributed by atoms with Crippen LogP contribution >= 0.6 is 11.8 Å². The molecule has 4 aromatic rings. The number of carbonyl (C=O) groups is 2. The molecule has 0 N–H and O–H groups in total. The predicted molar refractivity (Wildman–Crippen MR) is 161 cm³/mol. The third kappa shape index (κ3) is 5.47. The van der Waals surface area contributed by atoms with E-state index in [4.69, 9.17) is 14.6 Å². The molecule has 0 unspecified atom stereocenters. The highest BCUT2D eigenvalue weighted by Gasteiger charge is 2.38. The van der Waals surface area contributed by atoms with Gasteiger partial charge in [0.2, 0.25) is 11.8 Å². The van der Waals surface area contributed by atoms with Crippen LogP contribution in [-0.4, -0.2) is 72.2 Å². The van der Waals surface area contributed by atoms with Crippen molar-refractivity contribution in [2.45, 2.75) is 12.2 Å². The van der Waals surface area contributed by atoms with E-state index in [1.807, 2.05) is 65.3 Å². The Balaban J connectivity index is 1.58. The average molecular weight is 569 g/mol. The molecule has 2 aliphatic heterocycles. The molecule has 9 heteroatoms. The monoisotopic (exact) mass is 568 g/mol. The number of benzene rings is 3. The summed E-state index contributed by atoms with van der Waals surface area (Å²) in [5.74, 6) is 1.36. The van der Waals surface area contributed by atoms with Gasteiger partial charge in [0.1, 0.15) is 18.1 Å². The molecule has 2 aliphatic rings. The van der Waals surface area contributed by atoms with Crippen LogP contribution in [-0.2, 0) is 14.3 Å². The van der Waals surface area contributed by atoms with Gasteiger partial charge < -0.3 is 14.4 Å². The Kier molecular flexibility index (Phi) is 7.80. The normalized spacial score (nSPS) is 17.2. The number of thioether (sulfide) groups is 1. The number of morpholine rings is 1. The molecule has 6 rings (SSSR count). The minimum atomic E-state index is -0.167. The lowest BCUT2D eigenvalue weighted by molar-refractivity contribution is -0.134. The quantitative estimate of drug-likeness (QED) is 0.330. The molecule has 0 bridgehead atoms. The Labute approximate surface area is 243 Å². The summed E-state index contributed by atoms with van der Waals surface area (Å²) in [4.78, 5) is 30.9. The molecule has 41 heavy (non-hydrogen) atoms. The molecule has 2 amide bonds. The van der Waals surface area contributed by atoms with Crippen molar-refractivity contribution >= 4 is 29.4 Å². The first-order valence-electron chi connectivity index (χ1n) is 13.7. The van der Waals surface area contributed by atoms with Crippen molar-refractivity contribution < 1.29 is 19.1 Å². The fourth-order valence-electron chi connectivity index (χ4n) is 5.38. The lowest BCUT2D eigenvalue weighted by Crippen LogP contribution is -2.48. The largest absolute Gasteiger partial charge is 0.497 e. The first-order valence-corrected chi connectivity index (χ1v) is 14.7. The Morgan fingerprint density at radius 2 is 1.78 bits per heavy atom. The minimum Gasteiger partial charge on any atom is -0.497 e. The molecular formula is C32H32N4O4S. The van der Waals surface area contributed by atoms with Gasteiger partial charge in [-0.15, -0.1) is 11.8 Å². The highest BCUT2D eigenvalue weighted by Crippen LogP contribution is 2.48. The standard InChI is InChI=1S/C32H32N4O4S/c1-22-7-6-10-24(19-22)31-29-30(23-8-4-3-5-9-23)33-36(25-11-13-26(39-2)14-12-25)32(29)35(28(38)21-41-31)20-27(37)34-15-17-40-18-16-34/h3-14,19,31H,15-18,20-21H2,1-2H3/t31-/m0/s1. The Morgan fingerprint density at radius 3 is 2.49 bits per heavy atom. The van der Waals surface area contributed by atoms with Gasteiger partial charge in [0, 0.05) is 24.2 Å². The van der Waals surface area contributed by atoms with Crippen LogP contribution in [0.4, 0.5) is 5.82 Å². The maximum absolute atomic E-state index is 13.9. The summed E-state index contributed by atoms with van der Waals surface area (Å²) in [6, 6.07) is 26.0. The number of aryl methyl sites for hydroxylation is 1.